The van der Waals surface area contributed by atoms with Gasteiger partial charge in [0.15, 0.2) is 0 Å². The molecule has 0 radical (unpaired) electrons. The number of fused-ring (bicyclic) bond motifs is 1. The van der Waals surface area contributed by atoms with Crippen molar-refractivity contribution in [1.29, 1.82) is 0 Å². The fraction of sp³-hybridized carbons (Fsp3) is 0.350. The van der Waals surface area contributed by atoms with Crippen LogP contribution >= 0.6 is 23.5 Å². The Morgan fingerprint density at radius 3 is 2.76 bits per heavy atom. The average Bonchev–Trinajstić information content (AvgIpc) is 2.80. The van der Waals surface area contributed by atoms with Gasteiger partial charge in [0.05, 0.1) is 17.5 Å². The van der Waals surface area contributed by atoms with E-state index in [4.69, 9.17) is 0 Å². The fourth-order valence-corrected chi connectivity index (χ4v) is 4.83. The molecule has 0 saturated carbocycles. The highest BCUT2D eigenvalue weighted by Gasteiger charge is 2.24. The minimum atomic E-state index is -0.536. The highest BCUT2D eigenvalue weighted by atomic mass is 32.2. The molecule has 0 aliphatic carbocycles. The van der Waals surface area contributed by atoms with Gasteiger partial charge in [0.1, 0.15) is 0 Å². The second-order valence-corrected chi connectivity index (χ2v) is 8.68. The van der Waals surface area contributed by atoms with Crippen molar-refractivity contribution in [2.45, 2.75) is 29.6 Å². The third-order valence-electron chi connectivity index (χ3n) is 4.23. The van der Waals surface area contributed by atoms with Crippen LogP contribution in [0.15, 0.2) is 59.5 Å². The first-order valence-corrected chi connectivity index (χ1v) is 10.6. The number of para-hydroxylation sites is 1. The maximum atomic E-state index is 12.8. The van der Waals surface area contributed by atoms with Crippen molar-refractivity contribution >= 4 is 35.1 Å². The second-order valence-electron chi connectivity index (χ2n) is 6.17. The largest absolute Gasteiger partial charge is 0.388 e. The first-order valence-electron chi connectivity index (χ1n) is 8.52. The molecule has 2 aromatic carbocycles. The van der Waals surface area contributed by atoms with Crippen molar-refractivity contribution in [1.82, 2.24) is 0 Å². The van der Waals surface area contributed by atoms with Crippen molar-refractivity contribution < 1.29 is 9.90 Å². The summed E-state index contributed by atoms with van der Waals surface area (Å²) in [6.07, 6.45) is 0.452. The first-order chi connectivity index (χ1) is 12.1. The van der Waals surface area contributed by atoms with Gasteiger partial charge < -0.3 is 10.0 Å². The normalized spacial score (nSPS) is 18.3. The lowest BCUT2D eigenvalue weighted by molar-refractivity contribution is -0.116. The van der Waals surface area contributed by atoms with Crippen LogP contribution < -0.4 is 4.90 Å². The van der Waals surface area contributed by atoms with E-state index in [1.165, 1.54) is 16.7 Å². The van der Waals surface area contributed by atoms with E-state index in [9.17, 15) is 9.90 Å². The summed E-state index contributed by atoms with van der Waals surface area (Å²) in [6, 6.07) is 17.7. The van der Waals surface area contributed by atoms with Gasteiger partial charge in [-0.05, 0) is 24.1 Å². The lowest BCUT2D eigenvalue weighted by Gasteiger charge is -2.22. The Morgan fingerprint density at radius 1 is 1.24 bits per heavy atom. The molecule has 1 aliphatic rings. The first kappa shape index (κ1) is 18.4. The van der Waals surface area contributed by atoms with Crippen LogP contribution in [0.25, 0.3) is 0 Å². The zero-order valence-electron chi connectivity index (χ0n) is 14.3. The second kappa shape index (κ2) is 8.79. The van der Waals surface area contributed by atoms with Gasteiger partial charge in [-0.3, -0.25) is 4.79 Å². The van der Waals surface area contributed by atoms with Crippen molar-refractivity contribution in [2.24, 2.45) is 0 Å². The molecule has 2 atom stereocenters. The Kier molecular flexibility index (Phi) is 6.45. The van der Waals surface area contributed by atoms with Gasteiger partial charge in [-0.2, -0.15) is 0 Å². The van der Waals surface area contributed by atoms with Gasteiger partial charge in [-0.25, -0.2) is 0 Å². The number of aliphatic hydroxyl groups is 1. The number of nitrogens with zero attached hydrogens (tertiary/aromatic N) is 1. The Balaban J connectivity index is 1.60. The number of anilines is 1. The third kappa shape index (κ3) is 4.81. The summed E-state index contributed by atoms with van der Waals surface area (Å²) < 4.78 is 0. The van der Waals surface area contributed by atoms with E-state index in [0.717, 1.165) is 24.2 Å². The lowest BCUT2D eigenvalue weighted by atomic mass is 10.1. The van der Waals surface area contributed by atoms with E-state index >= 15 is 0 Å². The minimum absolute atomic E-state index is 0.118. The average molecular weight is 374 g/mol. The SMILES string of the molecule is C[C@H]1CCN(C(=O)CSC[C@H](O)c2ccccc2)c2ccccc2S1. The molecule has 1 N–H and O–H groups in total. The number of benzene rings is 2. The van der Waals surface area contributed by atoms with Gasteiger partial charge in [0, 0.05) is 22.4 Å². The van der Waals surface area contributed by atoms with Crippen molar-refractivity contribution in [2.75, 3.05) is 23.0 Å². The highest BCUT2D eigenvalue weighted by Crippen LogP contribution is 2.37. The molecular weight excluding hydrogens is 350 g/mol. The smallest absolute Gasteiger partial charge is 0.237 e. The third-order valence-corrected chi connectivity index (χ3v) is 6.47. The van der Waals surface area contributed by atoms with Gasteiger partial charge in [-0.1, -0.05) is 49.4 Å². The van der Waals surface area contributed by atoms with Gasteiger partial charge in [-0.15, -0.1) is 23.5 Å². The summed E-state index contributed by atoms with van der Waals surface area (Å²) in [5, 5.41) is 10.7. The Bertz CT molecular complexity index is 708. The molecule has 0 saturated heterocycles. The maximum absolute atomic E-state index is 12.8. The molecule has 2 aromatic rings. The van der Waals surface area contributed by atoms with E-state index in [1.54, 1.807) is 0 Å². The molecule has 5 heteroatoms. The fourth-order valence-electron chi connectivity index (χ4n) is 2.85. The monoisotopic (exact) mass is 373 g/mol. The summed E-state index contributed by atoms with van der Waals surface area (Å²) in [6.45, 7) is 2.96. The van der Waals surface area contributed by atoms with E-state index in [2.05, 4.69) is 13.0 Å². The summed E-state index contributed by atoms with van der Waals surface area (Å²) in [5.74, 6) is 1.03. The zero-order valence-corrected chi connectivity index (χ0v) is 15.9. The van der Waals surface area contributed by atoms with Crippen LogP contribution in [0.4, 0.5) is 5.69 Å². The number of thioether (sulfide) groups is 2. The van der Waals surface area contributed by atoms with E-state index in [-0.39, 0.29) is 5.91 Å². The Hall–Kier alpha value is -1.43. The Labute approximate surface area is 157 Å². The van der Waals surface area contributed by atoms with Crippen molar-refractivity contribution in [3.8, 4) is 0 Å². The zero-order chi connectivity index (χ0) is 17.6. The molecule has 132 valence electrons. The molecule has 1 heterocycles. The van der Waals surface area contributed by atoms with Crippen LogP contribution in [0, 0.1) is 0 Å². The van der Waals surface area contributed by atoms with Gasteiger partial charge in [0.2, 0.25) is 5.91 Å². The molecule has 3 rings (SSSR count). The molecule has 0 spiro atoms. The van der Waals surface area contributed by atoms with Gasteiger partial charge in [0.25, 0.3) is 0 Å². The number of rotatable bonds is 5. The van der Waals surface area contributed by atoms with E-state index in [0.29, 0.717) is 16.8 Å². The van der Waals surface area contributed by atoms with Crippen LogP contribution in [-0.2, 0) is 4.79 Å². The predicted octanol–water partition coefficient (Wildman–Crippen LogP) is 4.37. The number of hydrogen-bond donors (Lipinski definition) is 1. The van der Waals surface area contributed by atoms with E-state index in [1.807, 2.05) is 65.2 Å². The predicted molar refractivity (Wildman–Crippen MR) is 107 cm³/mol. The molecule has 1 amide bonds. The standard InChI is InChI=1S/C20H23NO2S2/c1-15-11-12-21(17-9-5-6-10-19(17)25-15)20(23)14-24-13-18(22)16-7-3-2-4-8-16/h2-10,15,18,22H,11-14H2,1H3/t15-,18-/m0/s1. The molecule has 0 unspecified atom stereocenters. The van der Waals surface area contributed by atoms with Crippen LogP contribution in [0.1, 0.15) is 25.0 Å². The maximum Gasteiger partial charge on any atom is 0.237 e. The molecule has 1 aliphatic heterocycles. The number of hydrogen-bond acceptors (Lipinski definition) is 4. The summed E-state index contributed by atoms with van der Waals surface area (Å²) in [4.78, 5) is 15.8. The van der Waals surface area contributed by atoms with Crippen molar-refractivity contribution in [3.05, 3.63) is 60.2 Å². The minimum Gasteiger partial charge on any atom is -0.388 e. The van der Waals surface area contributed by atoms with Crippen LogP contribution in [0.3, 0.4) is 0 Å². The highest BCUT2D eigenvalue weighted by molar-refractivity contribution is 8.00. The van der Waals surface area contributed by atoms with Crippen LogP contribution in [0.2, 0.25) is 0 Å². The molecule has 0 aromatic heterocycles. The number of amides is 1. The molecule has 3 nitrogen and oxygen atoms in total. The topological polar surface area (TPSA) is 40.5 Å². The number of carbonyl (C=O) groups is 1. The summed E-state index contributed by atoms with van der Waals surface area (Å²) in [7, 11) is 0. The molecule has 25 heavy (non-hydrogen) atoms. The quantitative estimate of drug-likeness (QED) is 0.845. The van der Waals surface area contributed by atoms with Crippen LogP contribution in [-0.4, -0.2) is 34.3 Å². The Morgan fingerprint density at radius 2 is 1.96 bits per heavy atom. The molecular formula is C20H23NO2S2. The van der Waals surface area contributed by atoms with Gasteiger partial charge >= 0.3 is 0 Å². The lowest BCUT2D eigenvalue weighted by Crippen LogP contribution is -2.33. The van der Waals surface area contributed by atoms with E-state index < -0.39 is 6.10 Å². The van der Waals surface area contributed by atoms with Crippen LogP contribution in [0.5, 0.6) is 0 Å². The van der Waals surface area contributed by atoms with Crippen molar-refractivity contribution in [3.63, 3.8) is 0 Å². The number of carbonyl (C=O) groups excluding carboxylic acids is 1. The summed E-state index contributed by atoms with van der Waals surface area (Å²) in [5.41, 5.74) is 1.92. The molecule has 0 fully saturated rings. The molecule has 0 bridgehead atoms. The number of aliphatic hydroxyl groups excluding tert-OH is 1. The summed E-state index contributed by atoms with van der Waals surface area (Å²) >= 11 is 3.33.